The molecule has 2 N–H and O–H groups in total. The van der Waals surface area contributed by atoms with E-state index >= 15 is 0 Å². The van der Waals surface area contributed by atoms with Crippen molar-refractivity contribution >= 4 is 23.1 Å². The van der Waals surface area contributed by atoms with E-state index in [4.69, 9.17) is 18.0 Å². The lowest BCUT2D eigenvalue weighted by molar-refractivity contribution is -0.133. The van der Waals surface area contributed by atoms with Gasteiger partial charge < -0.3 is 20.1 Å². The van der Waals surface area contributed by atoms with Gasteiger partial charge in [0.25, 0.3) is 5.56 Å². The van der Waals surface area contributed by atoms with Gasteiger partial charge in [-0.05, 0) is 19.2 Å². The summed E-state index contributed by atoms with van der Waals surface area (Å²) in [6, 6.07) is 3.24. The number of nitrogens with two attached hydrogens (primary N) is 1. The van der Waals surface area contributed by atoms with E-state index in [-0.39, 0.29) is 28.6 Å². The van der Waals surface area contributed by atoms with Crippen LogP contribution in [0.3, 0.4) is 0 Å². The van der Waals surface area contributed by atoms with Crippen LogP contribution in [0.1, 0.15) is 5.56 Å². The standard InChI is InChI=1S/C13H18N4O2S/c1-15-5-7-16(8-6-15)11(18)9-17-4-2-3-10(12(14)20)13(17)19/h2-4H,5-9H2,1H3,(H2,14,20). The number of aromatic nitrogens is 1. The van der Waals surface area contributed by atoms with Gasteiger partial charge in [-0.3, -0.25) is 9.59 Å². The zero-order valence-corrected chi connectivity index (χ0v) is 12.2. The van der Waals surface area contributed by atoms with Crippen LogP contribution in [0, 0.1) is 0 Å². The first-order valence-corrected chi connectivity index (χ1v) is 6.85. The van der Waals surface area contributed by atoms with E-state index in [2.05, 4.69) is 4.90 Å². The molecule has 20 heavy (non-hydrogen) atoms. The summed E-state index contributed by atoms with van der Waals surface area (Å²) in [7, 11) is 2.03. The molecule has 0 bridgehead atoms. The van der Waals surface area contributed by atoms with Gasteiger partial charge in [-0.1, -0.05) is 12.2 Å². The van der Waals surface area contributed by atoms with Gasteiger partial charge in [0.1, 0.15) is 11.5 Å². The van der Waals surface area contributed by atoms with Gasteiger partial charge in [0.2, 0.25) is 5.91 Å². The molecule has 0 aromatic carbocycles. The third-order valence-corrected chi connectivity index (χ3v) is 3.67. The van der Waals surface area contributed by atoms with E-state index in [9.17, 15) is 9.59 Å². The Kier molecular flexibility index (Phi) is 4.51. The zero-order valence-electron chi connectivity index (χ0n) is 11.4. The molecule has 1 amide bonds. The number of carbonyl (C=O) groups is 1. The fourth-order valence-electron chi connectivity index (χ4n) is 2.15. The molecule has 0 saturated carbocycles. The van der Waals surface area contributed by atoms with Crippen LogP contribution in [0.25, 0.3) is 0 Å². The maximum atomic E-state index is 12.2. The summed E-state index contributed by atoms with van der Waals surface area (Å²) in [5.74, 6) is -0.0553. The van der Waals surface area contributed by atoms with Gasteiger partial charge in [0, 0.05) is 32.4 Å². The number of hydrogen-bond donors (Lipinski definition) is 1. The lowest BCUT2D eigenvalue weighted by Gasteiger charge is -2.32. The molecule has 2 heterocycles. The Morgan fingerprint density at radius 3 is 2.60 bits per heavy atom. The van der Waals surface area contributed by atoms with Crippen molar-refractivity contribution in [2.24, 2.45) is 5.73 Å². The molecule has 1 aromatic rings. The van der Waals surface area contributed by atoms with Crippen LogP contribution in [0.15, 0.2) is 23.1 Å². The summed E-state index contributed by atoms with van der Waals surface area (Å²) in [6.07, 6.45) is 1.58. The molecular formula is C13H18N4O2S. The highest BCUT2D eigenvalue weighted by Gasteiger charge is 2.19. The maximum absolute atomic E-state index is 12.2. The Balaban J connectivity index is 2.10. The van der Waals surface area contributed by atoms with Gasteiger partial charge in [0.05, 0.1) is 5.56 Å². The van der Waals surface area contributed by atoms with Gasteiger partial charge in [-0.25, -0.2) is 0 Å². The summed E-state index contributed by atoms with van der Waals surface area (Å²) in [5, 5.41) is 0. The molecule has 0 spiro atoms. The predicted molar refractivity (Wildman–Crippen MR) is 80.7 cm³/mol. The Morgan fingerprint density at radius 1 is 1.35 bits per heavy atom. The molecule has 108 valence electrons. The van der Waals surface area contributed by atoms with E-state index in [1.807, 2.05) is 7.05 Å². The average molecular weight is 294 g/mol. The third-order valence-electron chi connectivity index (χ3n) is 3.45. The second kappa shape index (κ2) is 6.15. The number of pyridine rings is 1. The minimum atomic E-state index is -0.317. The van der Waals surface area contributed by atoms with Crippen molar-refractivity contribution in [2.45, 2.75) is 6.54 Å². The van der Waals surface area contributed by atoms with Gasteiger partial charge in [0.15, 0.2) is 0 Å². The van der Waals surface area contributed by atoms with Crippen LogP contribution >= 0.6 is 12.2 Å². The number of nitrogens with zero attached hydrogens (tertiary/aromatic N) is 3. The molecule has 1 aliphatic heterocycles. The van der Waals surface area contributed by atoms with Crippen molar-refractivity contribution in [3.8, 4) is 0 Å². The van der Waals surface area contributed by atoms with Crippen molar-refractivity contribution < 1.29 is 4.79 Å². The SMILES string of the molecule is CN1CCN(C(=O)Cn2cccc(C(N)=S)c2=O)CC1. The van der Waals surface area contributed by atoms with Gasteiger partial charge in [-0.2, -0.15) is 0 Å². The molecule has 1 aromatic heterocycles. The average Bonchev–Trinajstić information content (AvgIpc) is 2.41. The summed E-state index contributed by atoms with van der Waals surface area (Å²) < 4.78 is 1.36. The van der Waals surface area contributed by atoms with Crippen LogP contribution in [0.2, 0.25) is 0 Å². The molecule has 0 unspecified atom stereocenters. The molecule has 0 radical (unpaired) electrons. The predicted octanol–water partition coefficient (Wildman–Crippen LogP) is -0.743. The highest BCUT2D eigenvalue weighted by Crippen LogP contribution is 2.01. The van der Waals surface area contributed by atoms with Gasteiger partial charge in [-0.15, -0.1) is 0 Å². The fraction of sp³-hybridized carbons (Fsp3) is 0.462. The van der Waals surface area contributed by atoms with Crippen molar-refractivity contribution in [1.82, 2.24) is 14.4 Å². The first kappa shape index (κ1) is 14.7. The first-order valence-electron chi connectivity index (χ1n) is 6.44. The third kappa shape index (κ3) is 3.23. The quantitative estimate of drug-likeness (QED) is 0.743. The Hall–Kier alpha value is -1.73. The molecule has 7 heteroatoms. The summed E-state index contributed by atoms with van der Waals surface area (Å²) in [4.78, 5) is 28.3. The smallest absolute Gasteiger partial charge is 0.261 e. The van der Waals surface area contributed by atoms with E-state index in [0.29, 0.717) is 13.1 Å². The largest absolute Gasteiger partial charge is 0.389 e. The summed E-state index contributed by atoms with van der Waals surface area (Å²) >= 11 is 4.82. The second-order valence-corrected chi connectivity index (χ2v) is 5.34. The number of hydrogen-bond acceptors (Lipinski definition) is 4. The number of likely N-dealkylation sites (N-methyl/N-ethyl adjacent to an activating group) is 1. The van der Waals surface area contributed by atoms with Crippen molar-refractivity contribution in [3.05, 3.63) is 34.2 Å². The highest BCUT2D eigenvalue weighted by molar-refractivity contribution is 7.80. The highest BCUT2D eigenvalue weighted by atomic mass is 32.1. The van der Waals surface area contributed by atoms with Crippen LogP contribution in [-0.2, 0) is 11.3 Å². The zero-order chi connectivity index (χ0) is 14.7. The number of amides is 1. The van der Waals surface area contributed by atoms with E-state index < -0.39 is 0 Å². The fourth-order valence-corrected chi connectivity index (χ4v) is 2.31. The van der Waals surface area contributed by atoms with Crippen molar-refractivity contribution in [3.63, 3.8) is 0 Å². The Bertz CT molecular complexity index is 576. The topological polar surface area (TPSA) is 71.6 Å². The van der Waals surface area contributed by atoms with Crippen molar-refractivity contribution in [1.29, 1.82) is 0 Å². The number of rotatable bonds is 3. The molecule has 0 aliphatic carbocycles. The molecule has 0 atom stereocenters. The minimum absolute atomic E-state index is 0.0268. The Labute approximate surface area is 122 Å². The molecule has 1 aliphatic rings. The molecular weight excluding hydrogens is 276 g/mol. The van der Waals surface area contributed by atoms with Crippen LogP contribution < -0.4 is 11.3 Å². The summed E-state index contributed by atoms with van der Waals surface area (Å²) in [5.41, 5.74) is 5.44. The van der Waals surface area contributed by atoms with Crippen LogP contribution in [0.5, 0.6) is 0 Å². The number of carbonyl (C=O) groups excluding carboxylic acids is 1. The summed E-state index contributed by atoms with van der Waals surface area (Å²) in [6.45, 7) is 3.12. The van der Waals surface area contributed by atoms with E-state index in [1.54, 1.807) is 23.2 Å². The molecule has 1 fully saturated rings. The minimum Gasteiger partial charge on any atom is -0.389 e. The maximum Gasteiger partial charge on any atom is 0.261 e. The Morgan fingerprint density at radius 2 is 2.00 bits per heavy atom. The molecule has 6 nitrogen and oxygen atoms in total. The van der Waals surface area contributed by atoms with E-state index in [0.717, 1.165) is 13.1 Å². The lowest BCUT2D eigenvalue weighted by Crippen LogP contribution is -2.48. The monoisotopic (exact) mass is 294 g/mol. The van der Waals surface area contributed by atoms with Crippen molar-refractivity contribution in [2.75, 3.05) is 33.2 Å². The van der Waals surface area contributed by atoms with Crippen LogP contribution in [-0.4, -0.2) is 58.5 Å². The first-order chi connectivity index (χ1) is 9.49. The molecule has 2 rings (SSSR count). The lowest BCUT2D eigenvalue weighted by atomic mass is 10.2. The van der Waals surface area contributed by atoms with Gasteiger partial charge >= 0.3 is 0 Å². The number of piperazine rings is 1. The second-order valence-electron chi connectivity index (χ2n) is 4.90. The van der Waals surface area contributed by atoms with Crippen LogP contribution in [0.4, 0.5) is 0 Å². The van der Waals surface area contributed by atoms with E-state index in [1.165, 1.54) is 4.57 Å². The normalized spacial score (nSPS) is 16.1. The molecule has 1 saturated heterocycles. The number of thiocarbonyl (C=S) groups is 1.